The predicted octanol–water partition coefficient (Wildman–Crippen LogP) is 2.18. The molecule has 0 aliphatic carbocycles. The smallest absolute Gasteiger partial charge is 0.227 e. The lowest BCUT2D eigenvalue weighted by Gasteiger charge is -2.13. The van der Waals surface area contributed by atoms with Gasteiger partial charge in [0.15, 0.2) is 0 Å². The first-order valence-corrected chi connectivity index (χ1v) is 7.05. The number of ether oxygens (including phenoxy) is 1. The molecule has 1 unspecified atom stereocenters. The second-order valence-corrected chi connectivity index (χ2v) is 4.92. The number of nitrogens with one attached hydrogen (secondary N) is 1. The summed E-state index contributed by atoms with van der Waals surface area (Å²) in [5.74, 6) is 0.575. The molecule has 6 nitrogen and oxygen atoms in total. The third-order valence-corrected chi connectivity index (χ3v) is 3.23. The number of carbonyl (C=O) groups excluding carboxylic acids is 1. The van der Waals surface area contributed by atoms with Crippen molar-refractivity contribution >= 4 is 24.0 Å². The van der Waals surface area contributed by atoms with Gasteiger partial charge in [0.1, 0.15) is 5.82 Å². The van der Waals surface area contributed by atoms with Gasteiger partial charge >= 0.3 is 0 Å². The summed E-state index contributed by atoms with van der Waals surface area (Å²) in [5, 5.41) is 2.85. The molecule has 1 amide bonds. The highest BCUT2D eigenvalue weighted by Crippen LogP contribution is 2.20. The Morgan fingerprint density at radius 1 is 1.39 bits per heavy atom. The first-order valence-electron chi connectivity index (χ1n) is 7.05. The van der Waals surface area contributed by atoms with Crippen LogP contribution in [0.4, 0.5) is 5.69 Å². The summed E-state index contributed by atoms with van der Waals surface area (Å²) < 4.78 is 5.11. The Kier molecular flexibility index (Phi) is 7.61. The van der Waals surface area contributed by atoms with Gasteiger partial charge in [-0.3, -0.25) is 4.79 Å². The minimum Gasteiger partial charge on any atom is -0.380 e. The fourth-order valence-corrected chi connectivity index (χ4v) is 2.05. The van der Waals surface area contributed by atoms with Gasteiger partial charge in [0.25, 0.3) is 0 Å². The van der Waals surface area contributed by atoms with Crippen LogP contribution in [0.3, 0.4) is 0 Å². The predicted molar refractivity (Wildman–Crippen MR) is 92.6 cm³/mol. The van der Waals surface area contributed by atoms with Crippen LogP contribution in [0.2, 0.25) is 0 Å². The van der Waals surface area contributed by atoms with E-state index in [0.29, 0.717) is 18.1 Å². The number of methoxy groups -OCH3 is 1. The van der Waals surface area contributed by atoms with Crippen LogP contribution >= 0.6 is 12.4 Å². The first-order chi connectivity index (χ1) is 10.6. The van der Waals surface area contributed by atoms with Crippen molar-refractivity contribution in [1.29, 1.82) is 0 Å². The number of carbonyl (C=O) groups is 1. The van der Waals surface area contributed by atoms with Crippen LogP contribution in [0.15, 0.2) is 36.5 Å². The molecule has 0 saturated heterocycles. The Labute approximate surface area is 141 Å². The average Bonchev–Trinajstić information content (AvgIpc) is 2.53. The third-order valence-electron chi connectivity index (χ3n) is 3.23. The van der Waals surface area contributed by atoms with E-state index < -0.39 is 0 Å². The second kappa shape index (κ2) is 9.19. The number of hydrogen-bond acceptors (Lipinski definition) is 5. The average molecular weight is 337 g/mol. The Morgan fingerprint density at radius 2 is 2.17 bits per heavy atom. The number of benzene rings is 1. The highest BCUT2D eigenvalue weighted by molar-refractivity contribution is 5.91. The lowest BCUT2D eigenvalue weighted by Crippen LogP contribution is -2.28. The first kappa shape index (κ1) is 19.0. The Hall–Kier alpha value is -2.02. The summed E-state index contributed by atoms with van der Waals surface area (Å²) in [7, 11) is 1.54. The van der Waals surface area contributed by atoms with Gasteiger partial charge in [-0.2, -0.15) is 0 Å². The van der Waals surface area contributed by atoms with Gasteiger partial charge < -0.3 is 15.8 Å². The van der Waals surface area contributed by atoms with Crippen molar-refractivity contribution in [3.63, 3.8) is 0 Å². The quantitative estimate of drug-likeness (QED) is 0.843. The summed E-state index contributed by atoms with van der Waals surface area (Å²) in [6, 6.07) is 9.36. The van der Waals surface area contributed by atoms with Gasteiger partial charge in [-0.15, -0.1) is 12.4 Å². The molecular formula is C16H21ClN4O2. The molecule has 1 atom stereocenters. The molecule has 0 radical (unpaired) electrons. The maximum absolute atomic E-state index is 12.0. The molecule has 124 valence electrons. The summed E-state index contributed by atoms with van der Waals surface area (Å²) in [6.45, 7) is 2.15. The molecule has 0 bridgehead atoms. The largest absolute Gasteiger partial charge is 0.380 e. The third kappa shape index (κ3) is 5.59. The van der Waals surface area contributed by atoms with E-state index in [1.54, 1.807) is 13.3 Å². The molecule has 3 N–H and O–H groups in total. The zero-order valence-electron chi connectivity index (χ0n) is 13.2. The molecule has 0 aliphatic heterocycles. The Bertz CT molecular complexity index is 647. The number of aryl methyl sites for hydroxylation is 1. The van der Waals surface area contributed by atoms with Crippen LogP contribution in [0.5, 0.6) is 0 Å². The Morgan fingerprint density at radius 3 is 2.83 bits per heavy atom. The van der Waals surface area contributed by atoms with Crippen molar-refractivity contribution in [2.45, 2.75) is 19.4 Å². The number of aromatic nitrogens is 2. The molecule has 7 heteroatoms. The second-order valence-electron chi connectivity index (χ2n) is 4.92. The van der Waals surface area contributed by atoms with Gasteiger partial charge in [0.2, 0.25) is 5.91 Å². The van der Waals surface area contributed by atoms with Gasteiger partial charge in [-0.05, 0) is 25.1 Å². The molecule has 0 saturated carbocycles. The standard InChI is InChI=1S/C16H20N4O2.ClH/c1-11-18-7-6-15(19-11)12-4-3-5-13(8-12)20-16(21)9-14(10-17)22-2;/h3-8,14H,9-10,17H2,1-2H3,(H,20,21);1H. The lowest BCUT2D eigenvalue weighted by molar-refractivity contribution is -0.118. The molecule has 0 spiro atoms. The molecule has 1 aromatic heterocycles. The number of hydrogen-bond donors (Lipinski definition) is 2. The van der Waals surface area contributed by atoms with Crippen molar-refractivity contribution in [1.82, 2.24) is 9.97 Å². The van der Waals surface area contributed by atoms with Crippen LogP contribution in [0, 0.1) is 6.92 Å². The molecule has 0 aliphatic rings. The van der Waals surface area contributed by atoms with E-state index in [1.807, 2.05) is 37.3 Å². The number of amides is 1. The Balaban J connectivity index is 0.00000264. The monoisotopic (exact) mass is 336 g/mol. The maximum Gasteiger partial charge on any atom is 0.227 e. The molecule has 2 aromatic rings. The van der Waals surface area contributed by atoms with Crippen molar-refractivity contribution in [2.24, 2.45) is 5.73 Å². The maximum atomic E-state index is 12.0. The van der Waals surface area contributed by atoms with E-state index in [4.69, 9.17) is 10.5 Å². The highest BCUT2D eigenvalue weighted by atomic mass is 35.5. The SMILES string of the molecule is COC(CN)CC(=O)Nc1cccc(-c2ccnc(C)n2)c1.Cl. The molecule has 1 aromatic carbocycles. The highest BCUT2D eigenvalue weighted by Gasteiger charge is 2.12. The van der Waals surface area contributed by atoms with E-state index in [0.717, 1.165) is 11.3 Å². The van der Waals surface area contributed by atoms with E-state index in [2.05, 4.69) is 15.3 Å². The fourth-order valence-electron chi connectivity index (χ4n) is 2.05. The van der Waals surface area contributed by atoms with E-state index >= 15 is 0 Å². The fraction of sp³-hybridized carbons (Fsp3) is 0.312. The number of anilines is 1. The van der Waals surface area contributed by atoms with E-state index in [1.165, 1.54) is 0 Å². The summed E-state index contributed by atoms with van der Waals surface area (Å²) >= 11 is 0. The van der Waals surface area contributed by atoms with E-state index in [-0.39, 0.29) is 30.8 Å². The minimum absolute atomic E-state index is 0. The normalized spacial score (nSPS) is 11.4. The molecule has 0 fully saturated rings. The molecule has 2 rings (SSSR count). The van der Waals surface area contributed by atoms with Crippen molar-refractivity contribution in [3.05, 3.63) is 42.4 Å². The van der Waals surface area contributed by atoms with Gasteiger partial charge in [0.05, 0.1) is 18.2 Å². The molecule has 23 heavy (non-hydrogen) atoms. The van der Waals surface area contributed by atoms with Crippen molar-refractivity contribution in [2.75, 3.05) is 19.0 Å². The zero-order valence-corrected chi connectivity index (χ0v) is 14.0. The topological polar surface area (TPSA) is 90.1 Å². The molecular weight excluding hydrogens is 316 g/mol. The van der Waals surface area contributed by atoms with Crippen LogP contribution in [-0.4, -0.2) is 35.6 Å². The van der Waals surface area contributed by atoms with Gasteiger partial charge in [0, 0.05) is 31.1 Å². The number of rotatable bonds is 6. The summed E-state index contributed by atoms with van der Waals surface area (Å²) in [5.41, 5.74) is 7.98. The minimum atomic E-state index is -0.271. The van der Waals surface area contributed by atoms with Gasteiger partial charge in [-0.25, -0.2) is 9.97 Å². The van der Waals surface area contributed by atoms with Crippen molar-refractivity contribution < 1.29 is 9.53 Å². The van der Waals surface area contributed by atoms with Crippen LogP contribution in [0.1, 0.15) is 12.2 Å². The number of halogens is 1. The van der Waals surface area contributed by atoms with Crippen LogP contribution in [-0.2, 0) is 9.53 Å². The van der Waals surface area contributed by atoms with Crippen molar-refractivity contribution in [3.8, 4) is 11.3 Å². The lowest BCUT2D eigenvalue weighted by atomic mass is 10.1. The van der Waals surface area contributed by atoms with Crippen LogP contribution < -0.4 is 11.1 Å². The zero-order chi connectivity index (χ0) is 15.9. The summed E-state index contributed by atoms with van der Waals surface area (Å²) in [4.78, 5) is 20.4. The molecule has 1 heterocycles. The van der Waals surface area contributed by atoms with Crippen LogP contribution in [0.25, 0.3) is 11.3 Å². The van der Waals surface area contributed by atoms with Gasteiger partial charge in [-0.1, -0.05) is 12.1 Å². The number of nitrogens with two attached hydrogens (primary N) is 1. The summed E-state index contributed by atoms with van der Waals surface area (Å²) in [6.07, 6.45) is 1.67. The number of nitrogens with zero attached hydrogens (tertiary/aromatic N) is 2. The van der Waals surface area contributed by atoms with E-state index in [9.17, 15) is 4.79 Å².